The number of halogens is 1. The number of aromatic nitrogens is 7. The van der Waals surface area contributed by atoms with Gasteiger partial charge in [-0.2, -0.15) is 5.10 Å². The topological polar surface area (TPSA) is 125 Å². The van der Waals surface area contributed by atoms with Crippen LogP contribution in [0.4, 0.5) is 10.1 Å². The number of imidazole rings is 1. The van der Waals surface area contributed by atoms with Crippen LogP contribution in [-0.2, 0) is 0 Å². The average molecular weight is 527 g/mol. The van der Waals surface area contributed by atoms with Gasteiger partial charge in [-0.15, -0.1) is 0 Å². The molecule has 40 heavy (non-hydrogen) atoms. The molecule has 0 spiro atoms. The van der Waals surface area contributed by atoms with Gasteiger partial charge in [-0.05, 0) is 59.7 Å². The molecule has 0 aliphatic carbocycles. The van der Waals surface area contributed by atoms with Crippen LogP contribution in [-0.4, -0.2) is 41.0 Å². The number of amides is 1. The van der Waals surface area contributed by atoms with Crippen LogP contribution in [0.25, 0.3) is 55.8 Å². The summed E-state index contributed by atoms with van der Waals surface area (Å²) in [5, 5.41) is 10.6. The van der Waals surface area contributed by atoms with Gasteiger partial charge < -0.3 is 10.3 Å². The van der Waals surface area contributed by atoms with Crippen molar-refractivity contribution in [2.24, 2.45) is 0 Å². The predicted molar refractivity (Wildman–Crippen MR) is 150 cm³/mol. The lowest BCUT2D eigenvalue weighted by atomic mass is 10.0. The van der Waals surface area contributed by atoms with Crippen LogP contribution in [0.3, 0.4) is 0 Å². The Morgan fingerprint density at radius 2 is 1.70 bits per heavy atom. The zero-order chi connectivity index (χ0) is 27.1. The number of H-pyrrole nitrogens is 2. The number of benzene rings is 2. The molecule has 7 aromatic rings. The van der Waals surface area contributed by atoms with E-state index in [1.165, 1.54) is 6.07 Å². The molecule has 5 heterocycles. The minimum absolute atomic E-state index is 0.253. The number of carbonyl (C=O) groups is 1. The fourth-order valence-electron chi connectivity index (χ4n) is 4.67. The quantitative estimate of drug-likeness (QED) is 0.252. The van der Waals surface area contributed by atoms with Crippen molar-refractivity contribution in [3.63, 3.8) is 0 Å². The number of carbonyl (C=O) groups excluding carboxylic acids is 1. The summed E-state index contributed by atoms with van der Waals surface area (Å²) in [6.45, 7) is 0. The molecule has 0 saturated carbocycles. The molecule has 0 radical (unpaired) electrons. The molecule has 1 amide bonds. The first-order valence-electron chi connectivity index (χ1n) is 12.4. The van der Waals surface area contributed by atoms with Crippen molar-refractivity contribution in [2.75, 3.05) is 5.32 Å². The Kier molecular flexibility index (Phi) is 5.56. The number of aromatic amines is 2. The maximum absolute atomic E-state index is 15.3. The van der Waals surface area contributed by atoms with E-state index in [-0.39, 0.29) is 11.4 Å². The van der Waals surface area contributed by atoms with E-state index in [2.05, 4.69) is 35.5 Å². The van der Waals surface area contributed by atoms with Crippen molar-refractivity contribution in [3.05, 3.63) is 109 Å². The molecule has 0 saturated heterocycles. The Labute approximate surface area is 226 Å². The van der Waals surface area contributed by atoms with Gasteiger partial charge in [0.15, 0.2) is 11.5 Å². The van der Waals surface area contributed by atoms with E-state index in [9.17, 15) is 4.79 Å². The number of pyridine rings is 3. The summed E-state index contributed by atoms with van der Waals surface area (Å²) in [5.74, 6) is -0.284. The molecule has 3 N–H and O–H groups in total. The van der Waals surface area contributed by atoms with Crippen molar-refractivity contribution in [3.8, 4) is 33.8 Å². The summed E-state index contributed by atoms with van der Waals surface area (Å²) in [6.07, 6.45) is 8.31. The second-order valence-corrected chi connectivity index (χ2v) is 9.11. The fourth-order valence-corrected chi connectivity index (χ4v) is 4.67. The number of nitrogens with zero attached hydrogens (tertiary/aromatic N) is 5. The lowest BCUT2D eigenvalue weighted by molar-refractivity contribution is 0.102. The minimum Gasteiger partial charge on any atom is -0.321 e. The van der Waals surface area contributed by atoms with Crippen LogP contribution < -0.4 is 5.32 Å². The third-order valence-electron chi connectivity index (χ3n) is 6.59. The van der Waals surface area contributed by atoms with Crippen LogP contribution in [0.15, 0.2) is 97.7 Å². The van der Waals surface area contributed by atoms with Gasteiger partial charge in [-0.3, -0.25) is 19.9 Å². The molecular formula is C30H19FN8O. The molecule has 7 rings (SSSR count). The number of rotatable bonds is 5. The predicted octanol–water partition coefficient (Wildman–Crippen LogP) is 6.02. The molecule has 9 nitrogen and oxygen atoms in total. The molecule has 5 aromatic heterocycles. The first-order valence-corrected chi connectivity index (χ1v) is 12.4. The van der Waals surface area contributed by atoms with Crippen molar-refractivity contribution in [1.82, 2.24) is 35.1 Å². The molecule has 0 aliphatic heterocycles. The van der Waals surface area contributed by atoms with Crippen LogP contribution in [0.2, 0.25) is 0 Å². The highest BCUT2D eigenvalue weighted by Crippen LogP contribution is 2.34. The molecule has 2 aromatic carbocycles. The summed E-state index contributed by atoms with van der Waals surface area (Å²) in [7, 11) is 0. The van der Waals surface area contributed by atoms with Crippen molar-refractivity contribution >= 4 is 33.7 Å². The number of anilines is 1. The Bertz CT molecular complexity index is 2020. The molecule has 0 atom stereocenters. The lowest BCUT2D eigenvalue weighted by Crippen LogP contribution is -2.11. The van der Waals surface area contributed by atoms with Crippen LogP contribution in [0, 0.1) is 5.82 Å². The van der Waals surface area contributed by atoms with Crippen molar-refractivity contribution in [1.29, 1.82) is 0 Å². The van der Waals surface area contributed by atoms with Crippen LogP contribution >= 0.6 is 0 Å². The molecule has 0 bridgehead atoms. The van der Waals surface area contributed by atoms with E-state index in [4.69, 9.17) is 4.98 Å². The molecule has 0 unspecified atom stereocenters. The third-order valence-corrected chi connectivity index (χ3v) is 6.59. The van der Waals surface area contributed by atoms with Gasteiger partial charge in [0.25, 0.3) is 5.91 Å². The van der Waals surface area contributed by atoms with Crippen molar-refractivity contribution in [2.45, 2.75) is 0 Å². The SMILES string of the molecule is O=C(Nc1cncc(-c2cc(F)c3[nH]nc(-c4nc5c(-c6ccncc6)ccnc5[nH]4)c3c2)c1)c1ccccc1. The summed E-state index contributed by atoms with van der Waals surface area (Å²) >= 11 is 0. The van der Waals surface area contributed by atoms with E-state index < -0.39 is 5.82 Å². The standard InChI is InChI=1S/C30H19FN8O/c31-24-14-19(20-12-21(16-33-15-20)35-30(40)18-4-2-1-3-5-18)13-23-25(24)38-39-27(23)29-36-26-22(8-11-34-28(26)37-29)17-6-9-32-10-7-17/h1-16H,(H,35,40)(H,38,39)(H,34,36,37). The van der Waals surface area contributed by atoms with Crippen LogP contribution in [0.1, 0.15) is 10.4 Å². The summed E-state index contributed by atoms with van der Waals surface area (Å²) in [4.78, 5) is 33.4. The number of nitrogens with one attached hydrogen (secondary N) is 3. The van der Waals surface area contributed by atoms with Crippen LogP contribution in [0.5, 0.6) is 0 Å². The van der Waals surface area contributed by atoms with Gasteiger partial charge in [-0.1, -0.05) is 18.2 Å². The van der Waals surface area contributed by atoms with Gasteiger partial charge in [0.05, 0.1) is 11.9 Å². The first kappa shape index (κ1) is 23.4. The van der Waals surface area contributed by atoms with E-state index in [0.29, 0.717) is 50.4 Å². The van der Waals surface area contributed by atoms with E-state index in [0.717, 1.165) is 11.1 Å². The molecular weight excluding hydrogens is 507 g/mol. The van der Waals surface area contributed by atoms with E-state index in [1.807, 2.05) is 30.3 Å². The second kappa shape index (κ2) is 9.52. The first-order chi connectivity index (χ1) is 19.6. The molecule has 10 heteroatoms. The Hall–Kier alpha value is -5.77. The maximum atomic E-state index is 15.3. The Balaban J connectivity index is 1.28. The summed E-state index contributed by atoms with van der Waals surface area (Å²) in [6, 6.07) is 19.6. The van der Waals surface area contributed by atoms with E-state index >= 15 is 4.39 Å². The maximum Gasteiger partial charge on any atom is 0.255 e. The lowest BCUT2D eigenvalue weighted by Gasteiger charge is -2.08. The molecule has 0 fully saturated rings. The largest absolute Gasteiger partial charge is 0.321 e. The highest BCUT2D eigenvalue weighted by atomic mass is 19.1. The van der Waals surface area contributed by atoms with E-state index in [1.54, 1.807) is 61.3 Å². The minimum atomic E-state index is -0.475. The zero-order valence-corrected chi connectivity index (χ0v) is 20.8. The zero-order valence-electron chi connectivity index (χ0n) is 20.8. The highest BCUT2D eigenvalue weighted by Gasteiger charge is 2.19. The van der Waals surface area contributed by atoms with Gasteiger partial charge in [0, 0.05) is 46.9 Å². The second-order valence-electron chi connectivity index (χ2n) is 9.11. The summed E-state index contributed by atoms with van der Waals surface area (Å²) < 4.78 is 15.3. The van der Waals surface area contributed by atoms with Gasteiger partial charge >= 0.3 is 0 Å². The third kappa shape index (κ3) is 4.13. The Morgan fingerprint density at radius 1 is 0.850 bits per heavy atom. The van der Waals surface area contributed by atoms with Gasteiger partial charge in [0.2, 0.25) is 0 Å². The monoisotopic (exact) mass is 526 g/mol. The van der Waals surface area contributed by atoms with Gasteiger partial charge in [0.1, 0.15) is 22.5 Å². The molecule has 0 aliphatic rings. The average Bonchev–Trinajstić information content (AvgIpc) is 3.63. The molecule has 192 valence electrons. The van der Waals surface area contributed by atoms with Crippen molar-refractivity contribution < 1.29 is 9.18 Å². The highest BCUT2D eigenvalue weighted by molar-refractivity contribution is 6.04. The Morgan fingerprint density at radius 3 is 2.55 bits per heavy atom. The number of hydrogen-bond acceptors (Lipinski definition) is 6. The van der Waals surface area contributed by atoms with Gasteiger partial charge in [-0.25, -0.2) is 14.4 Å². The smallest absolute Gasteiger partial charge is 0.255 e. The summed E-state index contributed by atoms with van der Waals surface area (Å²) in [5.41, 5.74) is 6.02. The normalized spacial score (nSPS) is 11.2. The number of fused-ring (bicyclic) bond motifs is 2. The fraction of sp³-hybridized carbons (Fsp3) is 0. The number of hydrogen-bond donors (Lipinski definition) is 3.